The second-order valence-electron chi connectivity index (χ2n) is 7.17. The maximum absolute atomic E-state index is 5.92. The third-order valence-electron chi connectivity index (χ3n) is 5.54. The Bertz CT molecular complexity index is 305. The smallest absolute Gasteiger partial charge is 0.0655 e. The second kappa shape index (κ2) is 6.76. The number of ether oxygens (including phenoxy) is 1. The first-order chi connectivity index (χ1) is 9.54. The Hall–Kier alpha value is -0.120. The zero-order valence-electron chi connectivity index (χ0n) is 14.1. The van der Waals surface area contributed by atoms with E-state index in [2.05, 4.69) is 44.8 Å². The summed E-state index contributed by atoms with van der Waals surface area (Å²) in [4.78, 5) is 2.80. The van der Waals surface area contributed by atoms with Crippen molar-refractivity contribution in [3.63, 3.8) is 0 Å². The van der Waals surface area contributed by atoms with E-state index in [1.807, 2.05) is 0 Å². The molecule has 0 aromatic heterocycles. The number of piperazine rings is 1. The summed E-state index contributed by atoms with van der Waals surface area (Å²) in [5, 5.41) is 3.74. The Morgan fingerprint density at radius 3 is 2.55 bits per heavy atom. The quantitative estimate of drug-likeness (QED) is 0.810. The van der Waals surface area contributed by atoms with Crippen molar-refractivity contribution in [3.8, 4) is 0 Å². The third kappa shape index (κ3) is 3.05. The van der Waals surface area contributed by atoms with Crippen LogP contribution in [0, 0.1) is 5.41 Å². The van der Waals surface area contributed by atoms with Crippen molar-refractivity contribution in [2.24, 2.45) is 5.41 Å². The fourth-order valence-electron chi connectivity index (χ4n) is 4.10. The van der Waals surface area contributed by atoms with Crippen LogP contribution in [0.4, 0.5) is 0 Å². The third-order valence-corrected chi connectivity index (χ3v) is 5.54. The van der Waals surface area contributed by atoms with E-state index in [-0.39, 0.29) is 0 Å². The van der Waals surface area contributed by atoms with Crippen LogP contribution in [0.15, 0.2) is 0 Å². The number of hydrogen-bond acceptors (Lipinski definition) is 3. The fraction of sp³-hybridized carbons (Fsp3) is 1.00. The van der Waals surface area contributed by atoms with Crippen molar-refractivity contribution in [1.29, 1.82) is 0 Å². The molecule has 0 bridgehead atoms. The average Bonchev–Trinajstić information content (AvgIpc) is 2.43. The van der Waals surface area contributed by atoms with Gasteiger partial charge in [-0.1, -0.05) is 34.1 Å². The summed E-state index contributed by atoms with van der Waals surface area (Å²) in [5.74, 6) is 0. The Balaban J connectivity index is 2.01. The van der Waals surface area contributed by atoms with Crippen LogP contribution in [0.25, 0.3) is 0 Å². The molecule has 2 rings (SSSR count). The summed E-state index contributed by atoms with van der Waals surface area (Å²) >= 11 is 0. The number of nitrogens with zero attached hydrogens (tertiary/aromatic N) is 1. The van der Waals surface area contributed by atoms with E-state index in [1.165, 1.54) is 32.2 Å². The summed E-state index contributed by atoms with van der Waals surface area (Å²) < 4.78 is 5.92. The van der Waals surface area contributed by atoms with Crippen molar-refractivity contribution >= 4 is 0 Å². The Morgan fingerprint density at radius 2 is 2.00 bits per heavy atom. The van der Waals surface area contributed by atoms with Crippen molar-refractivity contribution in [2.75, 3.05) is 19.7 Å². The van der Waals surface area contributed by atoms with E-state index < -0.39 is 0 Å². The summed E-state index contributed by atoms with van der Waals surface area (Å²) in [6.45, 7) is 14.7. The highest BCUT2D eigenvalue weighted by Gasteiger charge is 2.53. The Labute approximate surface area is 125 Å². The second-order valence-corrected chi connectivity index (χ2v) is 7.17. The molecule has 0 aromatic carbocycles. The first-order valence-electron chi connectivity index (χ1n) is 8.65. The van der Waals surface area contributed by atoms with Crippen LogP contribution in [0.3, 0.4) is 0 Å². The molecule has 4 atom stereocenters. The molecule has 1 aliphatic heterocycles. The maximum atomic E-state index is 5.92. The highest BCUT2D eigenvalue weighted by atomic mass is 16.5. The van der Waals surface area contributed by atoms with E-state index in [1.54, 1.807) is 0 Å². The van der Waals surface area contributed by atoms with Crippen LogP contribution >= 0.6 is 0 Å². The summed E-state index contributed by atoms with van der Waals surface area (Å²) in [6, 6.07) is 2.09. The molecule has 0 radical (unpaired) electrons. The zero-order valence-corrected chi connectivity index (χ0v) is 14.1. The highest BCUT2D eigenvalue weighted by Crippen LogP contribution is 2.47. The van der Waals surface area contributed by atoms with Crippen LogP contribution in [-0.2, 0) is 4.74 Å². The molecular formula is C17H34N2O. The van der Waals surface area contributed by atoms with Gasteiger partial charge >= 0.3 is 0 Å². The topological polar surface area (TPSA) is 24.5 Å². The lowest BCUT2D eigenvalue weighted by Crippen LogP contribution is -2.69. The van der Waals surface area contributed by atoms with E-state index in [4.69, 9.17) is 4.74 Å². The fourth-order valence-corrected chi connectivity index (χ4v) is 4.10. The van der Waals surface area contributed by atoms with Gasteiger partial charge in [0.2, 0.25) is 0 Å². The monoisotopic (exact) mass is 282 g/mol. The minimum Gasteiger partial charge on any atom is -0.378 e. The molecule has 4 unspecified atom stereocenters. The van der Waals surface area contributed by atoms with E-state index in [0.717, 1.165) is 13.2 Å². The van der Waals surface area contributed by atoms with Crippen LogP contribution in [0.1, 0.15) is 60.3 Å². The van der Waals surface area contributed by atoms with Gasteiger partial charge in [-0.05, 0) is 26.2 Å². The molecule has 0 spiro atoms. The number of rotatable bonds is 6. The molecule has 3 nitrogen and oxygen atoms in total. The molecule has 1 N–H and O–H groups in total. The first kappa shape index (κ1) is 16.3. The van der Waals surface area contributed by atoms with Crippen LogP contribution in [-0.4, -0.2) is 48.8 Å². The highest BCUT2D eigenvalue weighted by molar-refractivity contribution is 5.06. The molecular weight excluding hydrogens is 248 g/mol. The van der Waals surface area contributed by atoms with Gasteiger partial charge in [-0.3, -0.25) is 4.90 Å². The van der Waals surface area contributed by atoms with Crippen LogP contribution in [0.2, 0.25) is 0 Å². The predicted octanol–water partition coefficient (Wildman–Crippen LogP) is 3.04. The van der Waals surface area contributed by atoms with Gasteiger partial charge in [0, 0.05) is 43.2 Å². The standard InChI is InChI=1S/C17H34N2O/c1-6-9-13-12-19(14(7-2)11-18-13)15-10-16(20-8-3)17(15,4)5/h13-16,18H,6-12H2,1-5H3. The van der Waals surface area contributed by atoms with E-state index in [0.29, 0.717) is 29.6 Å². The molecule has 118 valence electrons. The van der Waals surface area contributed by atoms with Crippen LogP contribution in [0.5, 0.6) is 0 Å². The molecule has 3 heteroatoms. The lowest BCUT2D eigenvalue weighted by Gasteiger charge is -2.59. The Morgan fingerprint density at radius 1 is 1.25 bits per heavy atom. The largest absolute Gasteiger partial charge is 0.378 e. The van der Waals surface area contributed by atoms with Gasteiger partial charge < -0.3 is 10.1 Å². The van der Waals surface area contributed by atoms with Crippen molar-refractivity contribution in [1.82, 2.24) is 10.2 Å². The molecule has 2 fully saturated rings. The average molecular weight is 282 g/mol. The van der Waals surface area contributed by atoms with Crippen molar-refractivity contribution in [3.05, 3.63) is 0 Å². The minimum absolute atomic E-state index is 0.303. The zero-order chi connectivity index (χ0) is 14.8. The van der Waals surface area contributed by atoms with Gasteiger partial charge in [0.15, 0.2) is 0 Å². The molecule has 1 saturated carbocycles. The molecule has 2 aliphatic rings. The lowest BCUT2D eigenvalue weighted by molar-refractivity contribution is -0.163. The molecule has 1 saturated heterocycles. The lowest BCUT2D eigenvalue weighted by atomic mass is 9.63. The molecule has 0 amide bonds. The summed E-state index contributed by atoms with van der Waals surface area (Å²) in [5.41, 5.74) is 0.303. The molecule has 20 heavy (non-hydrogen) atoms. The van der Waals surface area contributed by atoms with Crippen LogP contribution < -0.4 is 5.32 Å². The van der Waals surface area contributed by atoms with Gasteiger partial charge in [0.05, 0.1) is 6.10 Å². The predicted molar refractivity (Wildman–Crippen MR) is 85.1 cm³/mol. The first-order valence-corrected chi connectivity index (χ1v) is 8.65. The summed E-state index contributed by atoms with van der Waals surface area (Å²) in [6.07, 6.45) is 5.50. The van der Waals surface area contributed by atoms with Gasteiger partial charge in [-0.25, -0.2) is 0 Å². The number of hydrogen-bond donors (Lipinski definition) is 1. The molecule has 1 aliphatic carbocycles. The normalized spacial score (nSPS) is 37.6. The van der Waals surface area contributed by atoms with Gasteiger partial charge in [-0.15, -0.1) is 0 Å². The number of nitrogens with one attached hydrogen (secondary N) is 1. The van der Waals surface area contributed by atoms with E-state index >= 15 is 0 Å². The van der Waals surface area contributed by atoms with E-state index in [9.17, 15) is 0 Å². The SMILES string of the molecule is CCCC1CN(C2CC(OCC)C2(C)C)C(CC)CN1. The van der Waals surface area contributed by atoms with Crippen molar-refractivity contribution in [2.45, 2.75) is 84.5 Å². The van der Waals surface area contributed by atoms with Crippen molar-refractivity contribution < 1.29 is 4.74 Å². The Kier molecular flexibility index (Phi) is 5.49. The van der Waals surface area contributed by atoms with Gasteiger partial charge in [0.25, 0.3) is 0 Å². The summed E-state index contributed by atoms with van der Waals surface area (Å²) in [7, 11) is 0. The van der Waals surface area contributed by atoms with Gasteiger partial charge in [-0.2, -0.15) is 0 Å². The minimum atomic E-state index is 0.303. The van der Waals surface area contributed by atoms with Gasteiger partial charge in [0.1, 0.15) is 0 Å². The maximum Gasteiger partial charge on any atom is 0.0655 e. The molecule has 1 heterocycles. The molecule has 0 aromatic rings.